The van der Waals surface area contributed by atoms with E-state index in [1.54, 1.807) is 0 Å². The van der Waals surface area contributed by atoms with E-state index >= 15 is 0 Å². The molecule has 20 heavy (non-hydrogen) atoms. The monoisotopic (exact) mass is 340 g/mol. The topological polar surface area (TPSA) is 75.7 Å². The van der Waals surface area contributed by atoms with E-state index in [4.69, 9.17) is 23.2 Å². The number of ether oxygens (including phenoxy) is 1. The van der Waals surface area contributed by atoms with Crippen molar-refractivity contribution < 1.29 is 17.9 Å². The molecule has 0 fully saturated rings. The van der Waals surface area contributed by atoms with Crippen LogP contribution in [0.15, 0.2) is 18.2 Å². The van der Waals surface area contributed by atoms with Crippen LogP contribution in [0, 0.1) is 0 Å². The standard InChI is InChI=1S/C11H14Cl2N2O4S/c1-15(4-3-11(16)19-2)20(17,18)14-10-6-8(12)5-9(13)7-10/h5-7,14H,3-4H2,1-2H3. The molecule has 0 radical (unpaired) electrons. The van der Waals surface area contributed by atoms with Gasteiger partial charge in [0.15, 0.2) is 0 Å². The number of halogens is 2. The molecular formula is C11H14Cl2N2O4S. The van der Waals surface area contributed by atoms with Crippen LogP contribution in [0.1, 0.15) is 6.42 Å². The largest absolute Gasteiger partial charge is 0.469 e. The van der Waals surface area contributed by atoms with Crippen LogP contribution in [0.4, 0.5) is 5.69 Å². The summed E-state index contributed by atoms with van der Waals surface area (Å²) in [6.07, 6.45) is -0.0375. The molecule has 0 unspecified atom stereocenters. The van der Waals surface area contributed by atoms with Gasteiger partial charge in [-0.15, -0.1) is 0 Å². The molecule has 0 aliphatic carbocycles. The molecular weight excluding hydrogens is 327 g/mol. The van der Waals surface area contributed by atoms with Crippen molar-refractivity contribution in [1.29, 1.82) is 0 Å². The predicted molar refractivity (Wildman–Crippen MR) is 78.3 cm³/mol. The highest BCUT2D eigenvalue weighted by molar-refractivity contribution is 7.90. The third kappa shape index (κ3) is 5.16. The molecule has 6 nitrogen and oxygen atoms in total. The molecule has 1 aromatic rings. The van der Waals surface area contributed by atoms with Gasteiger partial charge >= 0.3 is 16.2 Å². The Kier molecular flexibility index (Phi) is 6.07. The lowest BCUT2D eigenvalue weighted by molar-refractivity contribution is -0.140. The van der Waals surface area contributed by atoms with E-state index < -0.39 is 16.2 Å². The number of benzene rings is 1. The van der Waals surface area contributed by atoms with Crippen LogP contribution in [0.3, 0.4) is 0 Å². The van der Waals surface area contributed by atoms with Gasteiger partial charge in [-0.3, -0.25) is 9.52 Å². The van der Waals surface area contributed by atoms with Crippen LogP contribution >= 0.6 is 23.2 Å². The van der Waals surface area contributed by atoms with Crippen molar-refractivity contribution in [2.45, 2.75) is 6.42 Å². The minimum atomic E-state index is -3.79. The highest BCUT2D eigenvalue weighted by Gasteiger charge is 2.19. The van der Waals surface area contributed by atoms with Gasteiger partial charge in [0.05, 0.1) is 19.2 Å². The van der Waals surface area contributed by atoms with Gasteiger partial charge in [-0.05, 0) is 18.2 Å². The molecule has 0 aliphatic heterocycles. The number of carbonyl (C=O) groups is 1. The quantitative estimate of drug-likeness (QED) is 0.805. The summed E-state index contributed by atoms with van der Waals surface area (Å²) in [5.74, 6) is -0.488. The molecule has 0 bridgehead atoms. The summed E-state index contributed by atoms with van der Waals surface area (Å²) in [6.45, 7) is -0.00367. The normalized spacial score (nSPS) is 11.4. The van der Waals surface area contributed by atoms with Crippen molar-refractivity contribution in [1.82, 2.24) is 4.31 Å². The van der Waals surface area contributed by atoms with E-state index in [1.165, 1.54) is 32.4 Å². The Hall–Kier alpha value is -1.02. The van der Waals surface area contributed by atoms with Crippen molar-refractivity contribution in [2.24, 2.45) is 0 Å². The Morgan fingerprint density at radius 1 is 1.30 bits per heavy atom. The van der Waals surface area contributed by atoms with Crippen molar-refractivity contribution >= 4 is 45.1 Å². The van der Waals surface area contributed by atoms with E-state index in [0.29, 0.717) is 10.0 Å². The molecule has 0 aromatic heterocycles. The summed E-state index contributed by atoms with van der Waals surface area (Å²) >= 11 is 11.6. The lowest BCUT2D eigenvalue weighted by atomic mass is 10.3. The Labute approximate surface area is 127 Å². The highest BCUT2D eigenvalue weighted by Crippen LogP contribution is 2.23. The molecule has 1 rings (SSSR count). The van der Waals surface area contributed by atoms with E-state index in [-0.39, 0.29) is 18.7 Å². The van der Waals surface area contributed by atoms with Gasteiger partial charge in [0, 0.05) is 23.6 Å². The summed E-state index contributed by atoms with van der Waals surface area (Å²) in [4.78, 5) is 11.0. The summed E-state index contributed by atoms with van der Waals surface area (Å²) in [5.41, 5.74) is 0.243. The maximum Gasteiger partial charge on any atom is 0.306 e. The van der Waals surface area contributed by atoms with Crippen molar-refractivity contribution in [3.05, 3.63) is 28.2 Å². The zero-order valence-electron chi connectivity index (χ0n) is 10.9. The third-order valence-electron chi connectivity index (χ3n) is 2.38. The Morgan fingerprint density at radius 3 is 2.35 bits per heavy atom. The molecule has 1 aromatic carbocycles. The molecule has 0 atom stereocenters. The number of hydrogen-bond acceptors (Lipinski definition) is 4. The van der Waals surface area contributed by atoms with Gasteiger partial charge in [0.25, 0.3) is 0 Å². The first-order valence-corrected chi connectivity index (χ1v) is 7.71. The van der Waals surface area contributed by atoms with Crippen LogP contribution in [-0.4, -0.2) is 39.4 Å². The van der Waals surface area contributed by atoms with Gasteiger partial charge < -0.3 is 4.74 Å². The average molecular weight is 341 g/mol. The highest BCUT2D eigenvalue weighted by atomic mass is 35.5. The number of carbonyl (C=O) groups excluding carboxylic acids is 1. The first-order valence-electron chi connectivity index (χ1n) is 5.51. The number of anilines is 1. The van der Waals surface area contributed by atoms with Crippen LogP contribution in [0.5, 0.6) is 0 Å². The average Bonchev–Trinajstić information content (AvgIpc) is 2.33. The molecule has 0 spiro atoms. The molecule has 1 N–H and O–H groups in total. The van der Waals surface area contributed by atoms with E-state index in [0.717, 1.165) is 4.31 Å². The Balaban J connectivity index is 2.75. The van der Waals surface area contributed by atoms with Crippen LogP contribution in [0.25, 0.3) is 0 Å². The minimum Gasteiger partial charge on any atom is -0.469 e. The van der Waals surface area contributed by atoms with Gasteiger partial charge in [-0.1, -0.05) is 23.2 Å². The fourth-order valence-corrected chi connectivity index (χ4v) is 2.74. The molecule has 0 saturated heterocycles. The smallest absolute Gasteiger partial charge is 0.306 e. The summed E-state index contributed by atoms with van der Waals surface area (Å²) in [6, 6.07) is 4.35. The second-order valence-corrected chi connectivity index (χ2v) is 6.56. The summed E-state index contributed by atoms with van der Waals surface area (Å²) in [7, 11) is -1.21. The summed E-state index contributed by atoms with van der Waals surface area (Å²) < 4.78 is 31.8. The Bertz CT molecular complexity index is 572. The molecule has 0 heterocycles. The first-order chi connectivity index (χ1) is 9.24. The maximum atomic E-state index is 12.0. The number of methoxy groups -OCH3 is 1. The molecule has 0 amide bonds. The lowest BCUT2D eigenvalue weighted by Crippen LogP contribution is -2.34. The number of rotatable bonds is 6. The van der Waals surface area contributed by atoms with Crippen LogP contribution < -0.4 is 4.72 Å². The lowest BCUT2D eigenvalue weighted by Gasteiger charge is -2.18. The van der Waals surface area contributed by atoms with E-state index in [1.807, 2.05) is 0 Å². The number of hydrogen-bond donors (Lipinski definition) is 1. The fourth-order valence-electron chi connectivity index (χ4n) is 1.31. The zero-order chi connectivity index (χ0) is 15.3. The minimum absolute atomic E-state index is 0.00367. The van der Waals surface area contributed by atoms with Crippen LogP contribution in [-0.2, 0) is 19.7 Å². The second kappa shape index (κ2) is 7.12. The van der Waals surface area contributed by atoms with Crippen LogP contribution in [0.2, 0.25) is 10.0 Å². The third-order valence-corrected chi connectivity index (χ3v) is 4.31. The van der Waals surface area contributed by atoms with Crippen molar-refractivity contribution in [3.8, 4) is 0 Å². The van der Waals surface area contributed by atoms with Gasteiger partial charge in [-0.25, -0.2) is 0 Å². The zero-order valence-corrected chi connectivity index (χ0v) is 13.2. The first kappa shape index (κ1) is 17.0. The van der Waals surface area contributed by atoms with Crippen molar-refractivity contribution in [2.75, 3.05) is 25.4 Å². The van der Waals surface area contributed by atoms with E-state index in [2.05, 4.69) is 9.46 Å². The Morgan fingerprint density at radius 2 is 1.85 bits per heavy atom. The maximum absolute atomic E-state index is 12.0. The van der Waals surface area contributed by atoms with Gasteiger partial charge in [0.2, 0.25) is 0 Å². The summed E-state index contributed by atoms with van der Waals surface area (Å²) in [5, 5.41) is 0.625. The predicted octanol–water partition coefficient (Wildman–Crippen LogP) is 2.14. The number of nitrogens with zero attached hydrogens (tertiary/aromatic N) is 1. The molecule has 112 valence electrons. The van der Waals surface area contributed by atoms with Crippen molar-refractivity contribution in [3.63, 3.8) is 0 Å². The molecule has 9 heteroatoms. The fraction of sp³-hybridized carbons (Fsp3) is 0.364. The van der Waals surface area contributed by atoms with Gasteiger partial charge in [0.1, 0.15) is 0 Å². The number of nitrogens with one attached hydrogen (secondary N) is 1. The van der Waals surface area contributed by atoms with E-state index in [9.17, 15) is 13.2 Å². The van der Waals surface area contributed by atoms with Gasteiger partial charge in [-0.2, -0.15) is 12.7 Å². The number of esters is 1. The second-order valence-electron chi connectivity index (χ2n) is 3.91. The molecule has 0 aliphatic rings. The SMILES string of the molecule is COC(=O)CCN(C)S(=O)(=O)Nc1cc(Cl)cc(Cl)c1. The molecule has 0 saturated carbocycles.